The number of rotatable bonds is 5. The van der Waals surface area contributed by atoms with Crippen LogP contribution in [0.2, 0.25) is 5.02 Å². The Balaban J connectivity index is 1.43. The highest BCUT2D eigenvalue weighted by Gasteiger charge is 2.20. The van der Waals surface area contributed by atoms with Gasteiger partial charge in [-0.25, -0.2) is 9.19 Å². The first-order chi connectivity index (χ1) is 15.9. The van der Waals surface area contributed by atoms with Gasteiger partial charge < -0.3 is 15.0 Å². The molecule has 33 heavy (non-hydrogen) atoms. The van der Waals surface area contributed by atoms with E-state index < -0.39 is 9.73 Å². The molecule has 0 unspecified atom stereocenters. The van der Waals surface area contributed by atoms with Crippen LogP contribution in [0.15, 0.2) is 60.9 Å². The van der Waals surface area contributed by atoms with Gasteiger partial charge in [0.15, 0.2) is 5.82 Å². The van der Waals surface area contributed by atoms with Gasteiger partial charge >= 0.3 is 0 Å². The van der Waals surface area contributed by atoms with Crippen molar-refractivity contribution in [1.82, 2.24) is 14.5 Å². The van der Waals surface area contributed by atoms with Crippen molar-refractivity contribution < 1.29 is 8.95 Å². The van der Waals surface area contributed by atoms with E-state index in [4.69, 9.17) is 21.1 Å². The van der Waals surface area contributed by atoms with Crippen LogP contribution in [-0.4, -0.2) is 50.4 Å². The van der Waals surface area contributed by atoms with Gasteiger partial charge in [0.05, 0.1) is 24.5 Å². The van der Waals surface area contributed by atoms with Gasteiger partial charge in [-0.2, -0.15) is 4.98 Å². The van der Waals surface area contributed by atoms with E-state index in [-0.39, 0.29) is 0 Å². The predicted octanol–water partition coefficient (Wildman–Crippen LogP) is 4.69. The van der Waals surface area contributed by atoms with Gasteiger partial charge in [-0.15, -0.1) is 0 Å². The molecule has 0 spiro atoms. The lowest BCUT2D eigenvalue weighted by atomic mass is 10.2. The molecule has 2 N–H and O–H groups in total. The summed E-state index contributed by atoms with van der Waals surface area (Å²) in [6, 6.07) is 15.8. The minimum absolute atomic E-state index is 0.380. The Bertz CT molecular complexity index is 1420. The smallest absolute Gasteiger partial charge is 0.229 e. The molecule has 2 aromatic carbocycles. The Morgan fingerprint density at radius 1 is 1.15 bits per heavy atom. The Morgan fingerprint density at radius 2 is 1.94 bits per heavy atom. The highest BCUT2D eigenvalue weighted by atomic mass is 35.5. The molecular formula is C23H23ClN6O2S. The standard InChI is InChI=1S/C23H23ClN6O2S/c1-32-21-14-17(29-10-12-33(25,31)13-11-29)6-7-19(21)27-23-26-15-18(24)22(28-23)30-9-8-16-4-2-3-5-20(16)30/h2-9,14-15,25H,10-13H2,1H3,(H,26,27,28). The average molecular weight is 483 g/mol. The number of nitrogens with zero attached hydrogens (tertiary/aromatic N) is 4. The van der Waals surface area contributed by atoms with Crippen LogP contribution in [0.1, 0.15) is 0 Å². The van der Waals surface area contributed by atoms with E-state index in [1.165, 1.54) is 0 Å². The number of nitrogens with one attached hydrogen (secondary N) is 2. The fraction of sp³-hybridized carbons (Fsp3) is 0.217. The summed E-state index contributed by atoms with van der Waals surface area (Å²) >= 11 is 6.44. The highest BCUT2D eigenvalue weighted by molar-refractivity contribution is 7.92. The quantitative estimate of drug-likeness (QED) is 0.428. The molecule has 3 heterocycles. The second kappa shape index (κ2) is 8.57. The maximum Gasteiger partial charge on any atom is 0.229 e. The van der Waals surface area contributed by atoms with E-state index in [1.54, 1.807) is 13.3 Å². The molecule has 1 fully saturated rings. The number of para-hydroxylation sites is 1. The van der Waals surface area contributed by atoms with Crippen LogP contribution in [0, 0.1) is 4.78 Å². The SMILES string of the molecule is COc1cc(N2CCS(=N)(=O)CC2)ccc1Nc1ncc(Cl)c(-n2ccc3ccccc32)n1. The van der Waals surface area contributed by atoms with Crippen molar-refractivity contribution in [2.75, 3.05) is 41.9 Å². The molecular weight excluding hydrogens is 460 g/mol. The summed E-state index contributed by atoms with van der Waals surface area (Å²) in [5.41, 5.74) is 2.68. The van der Waals surface area contributed by atoms with Crippen LogP contribution in [0.4, 0.5) is 17.3 Å². The molecule has 1 saturated heterocycles. The van der Waals surface area contributed by atoms with E-state index in [2.05, 4.69) is 20.2 Å². The van der Waals surface area contributed by atoms with Crippen molar-refractivity contribution in [3.05, 3.63) is 65.9 Å². The van der Waals surface area contributed by atoms with Crippen LogP contribution in [0.5, 0.6) is 5.75 Å². The predicted molar refractivity (Wildman–Crippen MR) is 133 cm³/mol. The number of benzene rings is 2. The zero-order valence-electron chi connectivity index (χ0n) is 18.0. The molecule has 0 atom stereocenters. The van der Waals surface area contributed by atoms with E-state index in [1.807, 2.05) is 59.3 Å². The monoisotopic (exact) mass is 482 g/mol. The van der Waals surface area contributed by atoms with Crippen molar-refractivity contribution >= 4 is 49.6 Å². The van der Waals surface area contributed by atoms with E-state index >= 15 is 0 Å². The van der Waals surface area contributed by atoms with Crippen LogP contribution < -0.4 is 15.0 Å². The van der Waals surface area contributed by atoms with Gasteiger partial charge in [-0.05, 0) is 29.7 Å². The molecule has 0 saturated carbocycles. The summed E-state index contributed by atoms with van der Waals surface area (Å²) in [6.07, 6.45) is 3.51. The van der Waals surface area contributed by atoms with E-state index in [9.17, 15) is 4.21 Å². The van der Waals surface area contributed by atoms with Crippen LogP contribution >= 0.6 is 11.6 Å². The van der Waals surface area contributed by atoms with Crippen LogP contribution in [0.3, 0.4) is 0 Å². The highest BCUT2D eigenvalue weighted by Crippen LogP contribution is 2.33. The molecule has 170 valence electrons. The largest absolute Gasteiger partial charge is 0.494 e. The first-order valence-electron chi connectivity index (χ1n) is 10.5. The average Bonchev–Trinajstić information content (AvgIpc) is 3.25. The molecule has 1 aliphatic heterocycles. The van der Waals surface area contributed by atoms with Gasteiger partial charge in [0.1, 0.15) is 10.8 Å². The number of hydrogen-bond donors (Lipinski definition) is 2. The summed E-state index contributed by atoms with van der Waals surface area (Å²) < 4.78 is 27.3. The molecule has 0 bridgehead atoms. The molecule has 0 aliphatic carbocycles. The van der Waals surface area contributed by atoms with E-state index in [0.29, 0.717) is 52.8 Å². The maximum atomic E-state index is 12.0. The Morgan fingerprint density at radius 3 is 2.73 bits per heavy atom. The molecule has 0 amide bonds. The lowest BCUT2D eigenvalue weighted by Crippen LogP contribution is -2.39. The summed E-state index contributed by atoms with van der Waals surface area (Å²) in [4.78, 5) is 11.1. The third kappa shape index (κ3) is 4.34. The first kappa shape index (κ1) is 21.5. The number of hydrogen-bond acceptors (Lipinski definition) is 7. The van der Waals surface area contributed by atoms with Gasteiger partial charge in [0.2, 0.25) is 5.95 Å². The number of aromatic nitrogens is 3. The summed E-state index contributed by atoms with van der Waals surface area (Å²) in [5.74, 6) is 2.37. The van der Waals surface area contributed by atoms with Crippen molar-refractivity contribution in [2.24, 2.45) is 0 Å². The van der Waals surface area contributed by atoms with Gasteiger partial charge in [-0.3, -0.25) is 9.35 Å². The van der Waals surface area contributed by atoms with Crippen LogP contribution in [0.25, 0.3) is 16.7 Å². The normalized spacial score (nSPS) is 15.5. The fourth-order valence-electron chi connectivity index (χ4n) is 3.94. The lowest BCUT2D eigenvalue weighted by molar-refractivity contribution is 0.416. The molecule has 8 nitrogen and oxygen atoms in total. The Kier molecular flexibility index (Phi) is 5.59. The zero-order valence-corrected chi connectivity index (χ0v) is 19.6. The fourth-order valence-corrected chi connectivity index (χ4v) is 5.36. The minimum Gasteiger partial charge on any atom is -0.494 e. The second-order valence-electron chi connectivity index (χ2n) is 7.83. The topological polar surface area (TPSA) is 96.1 Å². The summed E-state index contributed by atoms with van der Waals surface area (Å²) in [7, 11) is -0.835. The molecule has 2 aromatic heterocycles. The Labute approximate surface area is 197 Å². The molecule has 5 rings (SSSR count). The van der Waals surface area contributed by atoms with E-state index in [0.717, 1.165) is 16.6 Å². The summed E-state index contributed by atoms with van der Waals surface area (Å²) in [5, 5.41) is 4.77. The third-order valence-corrected chi connectivity index (χ3v) is 7.68. The molecule has 10 heteroatoms. The maximum absolute atomic E-state index is 12.0. The number of fused-ring (bicyclic) bond motifs is 1. The molecule has 0 radical (unpaired) electrons. The van der Waals surface area contributed by atoms with Gasteiger partial charge in [-0.1, -0.05) is 29.8 Å². The first-order valence-corrected chi connectivity index (χ1v) is 12.7. The minimum atomic E-state index is -2.44. The number of halogens is 1. The number of anilines is 3. The second-order valence-corrected chi connectivity index (χ2v) is 10.7. The lowest BCUT2D eigenvalue weighted by Gasteiger charge is -2.30. The third-order valence-electron chi connectivity index (χ3n) is 5.73. The zero-order chi connectivity index (χ0) is 23.0. The van der Waals surface area contributed by atoms with Crippen molar-refractivity contribution in [1.29, 1.82) is 4.78 Å². The molecule has 1 aliphatic rings. The number of methoxy groups -OCH3 is 1. The Hall–Kier alpha value is -3.30. The van der Waals surface area contributed by atoms with Gasteiger partial charge in [0, 0.05) is 52.3 Å². The molecule has 4 aromatic rings. The summed E-state index contributed by atoms with van der Waals surface area (Å²) in [6.45, 7) is 1.18. The van der Waals surface area contributed by atoms with Crippen molar-refractivity contribution in [2.45, 2.75) is 0 Å². The van der Waals surface area contributed by atoms with Crippen LogP contribution in [-0.2, 0) is 9.73 Å². The van der Waals surface area contributed by atoms with Crippen molar-refractivity contribution in [3.8, 4) is 11.6 Å². The van der Waals surface area contributed by atoms with Crippen molar-refractivity contribution in [3.63, 3.8) is 0 Å². The number of ether oxygens (including phenoxy) is 1. The van der Waals surface area contributed by atoms with Gasteiger partial charge in [0.25, 0.3) is 0 Å².